The van der Waals surface area contributed by atoms with Crippen molar-refractivity contribution in [2.45, 2.75) is 39.2 Å². The zero-order chi connectivity index (χ0) is 17.4. The van der Waals surface area contributed by atoms with Crippen molar-refractivity contribution < 1.29 is 4.79 Å². The van der Waals surface area contributed by atoms with E-state index in [1.165, 1.54) is 5.56 Å². The fraction of sp³-hybridized carbons (Fsp3) is 0.316. The van der Waals surface area contributed by atoms with Gasteiger partial charge < -0.3 is 15.6 Å². The first kappa shape index (κ1) is 15.6. The highest BCUT2D eigenvalue weighted by molar-refractivity contribution is 5.94. The maximum Gasteiger partial charge on any atom is 0.244 e. The van der Waals surface area contributed by atoms with Crippen molar-refractivity contribution in [3.05, 3.63) is 47.4 Å². The molecule has 1 aromatic carbocycles. The van der Waals surface area contributed by atoms with E-state index in [-0.39, 0.29) is 12.5 Å². The molecule has 0 saturated carbocycles. The van der Waals surface area contributed by atoms with Crippen molar-refractivity contribution in [1.29, 1.82) is 0 Å². The van der Waals surface area contributed by atoms with Gasteiger partial charge in [-0.25, -0.2) is 9.97 Å². The predicted octanol–water partition coefficient (Wildman–Crippen LogP) is 2.84. The lowest BCUT2D eigenvalue weighted by molar-refractivity contribution is -0.116. The number of aryl methyl sites for hydroxylation is 3. The number of rotatable bonds is 3. The fourth-order valence-corrected chi connectivity index (χ4v) is 3.57. The molecular weight excluding hydrogens is 314 g/mol. The molecule has 3 N–H and O–H groups in total. The number of nitrogens with two attached hydrogens (primary N) is 1. The molecule has 2 heterocycles. The molecular formula is C19H21N5O. The van der Waals surface area contributed by atoms with E-state index in [1.807, 2.05) is 41.8 Å². The van der Waals surface area contributed by atoms with E-state index < -0.39 is 0 Å². The Balaban J connectivity index is 1.73. The Morgan fingerprint density at radius 2 is 1.96 bits per heavy atom. The van der Waals surface area contributed by atoms with Gasteiger partial charge >= 0.3 is 0 Å². The lowest BCUT2D eigenvalue weighted by Gasteiger charge is -2.18. The van der Waals surface area contributed by atoms with E-state index in [4.69, 9.17) is 5.73 Å². The summed E-state index contributed by atoms with van der Waals surface area (Å²) in [6.07, 6.45) is 4.17. The molecule has 0 spiro atoms. The van der Waals surface area contributed by atoms with Gasteiger partial charge in [0.15, 0.2) is 5.82 Å². The summed E-state index contributed by atoms with van der Waals surface area (Å²) in [4.78, 5) is 21.6. The number of hydrogen-bond donors (Lipinski definition) is 2. The number of imidazole rings is 1. The second kappa shape index (κ2) is 6.20. The summed E-state index contributed by atoms with van der Waals surface area (Å²) >= 11 is 0. The zero-order valence-electron chi connectivity index (χ0n) is 14.2. The number of nitrogens with zero attached hydrogens (tertiary/aromatic N) is 3. The standard InChI is InChI=1S/C19H21N5O/c1-12-21-17-18(14-9-5-6-10-15(14)23-19(17)20)24(12)11-16(25)22-13-7-3-2-4-8-13/h2-4,7-8H,5-6,9-11H2,1H3,(H2,20,23)(H,22,25). The second-order valence-electron chi connectivity index (χ2n) is 6.49. The third kappa shape index (κ3) is 2.84. The van der Waals surface area contributed by atoms with E-state index in [2.05, 4.69) is 15.3 Å². The zero-order valence-corrected chi connectivity index (χ0v) is 14.2. The molecule has 0 bridgehead atoms. The number of aromatic nitrogens is 3. The Morgan fingerprint density at radius 1 is 1.20 bits per heavy atom. The number of fused-ring (bicyclic) bond motifs is 3. The third-order valence-corrected chi connectivity index (χ3v) is 4.74. The maximum absolute atomic E-state index is 12.5. The molecule has 1 amide bonds. The van der Waals surface area contributed by atoms with Crippen LogP contribution in [0.5, 0.6) is 0 Å². The minimum absolute atomic E-state index is 0.0754. The fourth-order valence-electron chi connectivity index (χ4n) is 3.57. The van der Waals surface area contributed by atoms with Gasteiger partial charge in [-0.1, -0.05) is 18.2 Å². The van der Waals surface area contributed by atoms with Crippen LogP contribution in [0.25, 0.3) is 11.0 Å². The highest BCUT2D eigenvalue weighted by atomic mass is 16.1. The van der Waals surface area contributed by atoms with Crippen LogP contribution in [0.3, 0.4) is 0 Å². The van der Waals surface area contributed by atoms with Crippen LogP contribution in [-0.4, -0.2) is 20.4 Å². The van der Waals surface area contributed by atoms with Crippen LogP contribution < -0.4 is 11.1 Å². The first-order chi connectivity index (χ1) is 12.1. The third-order valence-electron chi connectivity index (χ3n) is 4.74. The smallest absolute Gasteiger partial charge is 0.244 e. The number of carbonyl (C=O) groups excluding carboxylic acids is 1. The summed E-state index contributed by atoms with van der Waals surface area (Å²) in [6, 6.07) is 9.47. The summed E-state index contributed by atoms with van der Waals surface area (Å²) < 4.78 is 1.97. The van der Waals surface area contributed by atoms with Crippen molar-refractivity contribution in [2.75, 3.05) is 11.1 Å². The highest BCUT2D eigenvalue weighted by Gasteiger charge is 2.22. The van der Waals surface area contributed by atoms with Gasteiger partial charge in [-0.2, -0.15) is 0 Å². The first-order valence-electron chi connectivity index (χ1n) is 8.62. The van der Waals surface area contributed by atoms with Gasteiger partial charge in [-0.05, 0) is 50.3 Å². The molecule has 1 aliphatic rings. The van der Waals surface area contributed by atoms with E-state index in [9.17, 15) is 4.79 Å². The number of anilines is 2. The average molecular weight is 335 g/mol. The van der Waals surface area contributed by atoms with Crippen molar-refractivity contribution in [3.8, 4) is 0 Å². The minimum atomic E-state index is -0.0754. The SMILES string of the molecule is Cc1nc2c(N)nc3c(c2n1CC(=O)Nc1ccccc1)CCCC3. The summed E-state index contributed by atoms with van der Waals surface area (Å²) in [5.41, 5.74) is 10.9. The Hall–Kier alpha value is -2.89. The van der Waals surface area contributed by atoms with Gasteiger partial charge in [0.1, 0.15) is 17.9 Å². The number of nitrogen functional groups attached to an aromatic ring is 1. The van der Waals surface area contributed by atoms with E-state index in [0.717, 1.165) is 48.4 Å². The normalized spacial score (nSPS) is 13.6. The van der Waals surface area contributed by atoms with Gasteiger partial charge in [-0.3, -0.25) is 4.79 Å². The quantitative estimate of drug-likeness (QED) is 0.770. The monoisotopic (exact) mass is 335 g/mol. The second-order valence-corrected chi connectivity index (χ2v) is 6.49. The molecule has 1 aliphatic carbocycles. The Bertz CT molecular complexity index is 946. The summed E-state index contributed by atoms with van der Waals surface area (Å²) in [5.74, 6) is 1.17. The molecule has 3 aromatic rings. The maximum atomic E-state index is 12.5. The van der Waals surface area contributed by atoms with Crippen LogP contribution in [0.1, 0.15) is 29.9 Å². The molecule has 0 aliphatic heterocycles. The van der Waals surface area contributed by atoms with Crippen LogP contribution in [0.15, 0.2) is 30.3 Å². The Labute approximate surface area is 146 Å². The number of hydrogen-bond acceptors (Lipinski definition) is 4. The van der Waals surface area contributed by atoms with Gasteiger partial charge in [0.2, 0.25) is 5.91 Å². The van der Waals surface area contributed by atoms with Crippen LogP contribution in [0.2, 0.25) is 0 Å². The number of benzene rings is 1. The first-order valence-corrected chi connectivity index (χ1v) is 8.62. The van der Waals surface area contributed by atoms with Gasteiger partial charge in [0.05, 0.1) is 5.52 Å². The predicted molar refractivity (Wildman–Crippen MR) is 98.4 cm³/mol. The molecule has 6 heteroatoms. The van der Waals surface area contributed by atoms with E-state index in [1.54, 1.807) is 0 Å². The van der Waals surface area contributed by atoms with Gasteiger partial charge in [-0.15, -0.1) is 0 Å². The molecule has 2 aromatic heterocycles. The van der Waals surface area contributed by atoms with Crippen molar-refractivity contribution in [1.82, 2.24) is 14.5 Å². The summed E-state index contributed by atoms with van der Waals surface area (Å²) in [6.45, 7) is 2.12. The van der Waals surface area contributed by atoms with Crippen LogP contribution in [0.4, 0.5) is 11.5 Å². The van der Waals surface area contributed by atoms with Crippen molar-refractivity contribution >= 4 is 28.4 Å². The number of carbonyl (C=O) groups is 1. The summed E-state index contributed by atoms with van der Waals surface area (Å²) in [7, 11) is 0. The highest BCUT2D eigenvalue weighted by Crippen LogP contribution is 2.31. The van der Waals surface area contributed by atoms with Crippen molar-refractivity contribution in [3.63, 3.8) is 0 Å². The minimum Gasteiger partial charge on any atom is -0.382 e. The topological polar surface area (TPSA) is 85.8 Å². The average Bonchev–Trinajstić information content (AvgIpc) is 2.93. The van der Waals surface area contributed by atoms with Crippen LogP contribution in [0, 0.1) is 6.92 Å². The van der Waals surface area contributed by atoms with Gasteiger partial charge in [0.25, 0.3) is 0 Å². The van der Waals surface area contributed by atoms with E-state index >= 15 is 0 Å². The lowest BCUT2D eigenvalue weighted by atomic mass is 9.95. The molecule has 6 nitrogen and oxygen atoms in total. The largest absolute Gasteiger partial charge is 0.382 e. The molecule has 0 atom stereocenters. The molecule has 25 heavy (non-hydrogen) atoms. The number of nitrogens with one attached hydrogen (secondary N) is 1. The molecule has 0 radical (unpaired) electrons. The molecule has 4 rings (SSSR count). The number of pyridine rings is 1. The molecule has 0 fully saturated rings. The van der Waals surface area contributed by atoms with E-state index in [0.29, 0.717) is 11.3 Å². The Kier molecular flexibility index (Phi) is 3.87. The summed E-state index contributed by atoms with van der Waals surface area (Å²) in [5, 5.41) is 2.93. The number of amides is 1. The Morgan fingerprint density at radius 3 is 2.76 bits per heavy atom. The van der Waals surface area contributed by atoms with Crippen LogP contribution in [-0.2, 0) is 24.2 Å². The van der Waals surface area contributed by atoms with Crippen LogP contribution >= 0.6 is 0 Å². The van der Waals surface area contributed by atoms with Crippen molar-refractivity contribution in [2.24, 2.45) is 0 Å². The molecule has 0 saturated heterocycles. The van der Waals surface area contributed by atoms with Gasteiger partial charge in [0, 0.05) is 11.4 Å². The molecule has 128 valence electrons. The lowest BCUT2D eigenvalue weighted by Crippen LogP contribution is -2.20. The molecule has 0 unspecified atom stereocenters. The number of para-hydroxylation sites is 1.